The Hall–Kier alpha value is -1.46. The molecule has 1 aliphatic heterocycles. The summed E-state index contributed by atoms with van der Waals surface area (Å²) in [6, 6.07) is 4.78. The third-order valence-electron chi connectivity index (χ3n) is 4.00. The molecule has 2 rings (SSSR count). The molecule has 1 heterocycles. The molecule has 1 aromatic carbocycles. The van der Waals surface area contributed by atoms with E-state index in [9.17, 15) is 9.18 Å². The van der Waals surface area contributed by atoms with Gasteiger partial charge >= 0.3 is 0 Å². The van der Waals surface area contributed by atoms with Gasteiger partial charge in [-0.25, -0.2) is 4.39 Å². The average molecular weight is 293 g/mol. The van der Waals surface area contributed by atoms with Crippen LogP contribution in [0.2, 0.25) is 0 Å². The van der Waals surface area contributed by atoms with Gasteiger partial charge in [-0.1, -0.05) is 6.92 Å². The number of nitrogens with one attached hydrogen (secondary N) is 1. The zero-order valence-electron chi connectivity index (χ0n) is 12.6. The summed E-state index contributed by atoms with van der Waals surface area (Å²) in [6.45, 7) is 5.57. The molecule has 1 unspecified atom stereocenters. The van der Waals surface area contributed by atoms with Crippen LogP contribution in [0.25, 0.3) is 0 Å². The number of nitrogens with zero attached hydrogens (tertiary/aromatic N) is 1. The molecule has 0 saturated carbocycles. The van der Waals surface area contributed by atoms with Gasteiger partial charge in [0, 0.05) is 30.3 Å². The fraction of sp³-hybridized carbons (Fsp3) is 0.562. The minimum absolute atomic E-state index is 0.273. The molecule has 21 heavy (non-hydrogen) atoms. The van der Waals surface area contributed by atoms with Gasteiger partial charge in [0.1, 0.15) is 5.82 Å². The minimum atomic E-state index is -0.516. The van der Waals surface area contributed by atoms with E-state index >= 15 is 0 Å². The van der Waals surface area contributed by atoms with E-state index in [2.05, 4.69) is 17.1 Å². The highest BCUT2D eigenvalue weighted by Gasteiger charge is 2.21. The van der Waals surface area contributed by atoms with Crippen molar-refractivity contribution < 1.29 is 9.18 Å². The summed E-state index contributed by atoms with van der Waals surface area (Å²) in [4.78, 5) is 13.6. The first-order valence-corrected chi connectivity index (χ1v) is 7.64. The van der Waals surface area contributed by atoms with Crippen LogP contribution in [0.4, 0.5) is 4.39 Å². The number of carbonyl (C=O) groups is 1. The lowest BCUT2D eigenvalue weighted by Gasteiger charge is -2.34. The second-order valence-electron chi connectivity index (χ2n) is 5.64. The van der Waals surface area contributed by atoms with Crippen molar-refractivity contribution in [3.63, 3.8) is 0 Å². The van der Waals surface area contributed by atoms with Crippen LogP contribution in [-0.4, -0.2) is 36.5 Å². The Kier molecular flexibility index (Phi) is 5.70. The molecule has 1 aromatic rings. The number of primary amides is 1. The SMILES string of the molecule is CCCN(Cc1cc(C(N)=O)ccc1F)C1CCCNC1. The molecule has 4 nitrogen and oxygen atoms in total. The van der Waals surface area contributed by atoms with Crippen molar-refractivity contribution in [1.29, 1.82) is 0 Å². The number of rotatable bonds is 6. The first kappa shape index (κ1) is 15.9. The first-order valence-electron chi connectivity index (χ1n) is 7.64. The van der Waals surface area contributed by atoms with Crippen molar-refractivity contribution in [2.24, 2.45) is 5.73 Å². The third kappa shape index (κ3) is 4.25. The highest BCUT2D eigenvalue weighted by Crippen LogP contribution is 2.18. The predicted molar refractivity (Wildman–Crippen MR) is 81.5 cm³/mol. The Balaban J connectivity index is 2.15. The molecule has 0 aliphatic carbocycles. The Bertz CT molecular complexity index is 486. The predicted octanol–water partition coefficient (Wildman–Crippen LogP) is 1.89. The van der Waals surface area contributed by atoms with E-state index in [0.29, 0.717) is 23.7 Å². The maximum Gasteiger partial charge on any atom is 0.248 e. The molecule has 0 bridgehead atoms. The van der Waals surface area contributed by atoms with Crippen LogP contribution in [0.3, 0.4) is 0 Å². The van der Waals surface area contributed by atoms with Gasteiger partial charge in [0.05, 0.1) is 0 Å². The largest absolute Gasteiger partial charge is 0.366 e. The molecule has 3 N–H and O–H groups in total. The Morgan fingerprint density at radius 3 is 2.95 bits per heavy atom. The summed E-state index contributed by atoms with van der Waals surface area (Å²) >= 11 is 0. The fourth-order valence-corrected chi connectivity index (χ4v) is 2.89. The number of piperidine rings is 1. The maximum absolute atomic E-state index is 14.0. The maximum atomic E-state index is 14.0. The molecule has 0 spiro atoms. The zero-order chi connectivity index (χ0) is 15.2. The zero-order valence-corrected chi connectivity index (χ0v) is 12.6. The fourth-order valence-electron chi connectivity index (χ4n) is 2.89. The Morgan fingerprint density at radius 2 is 2.33 bits per heavy atom. The number of hydrogen-bond donors (Lipinski definition) is 2. The quantitative estimate of drug-likeness (QED) is 0.842. The second kappa shape index (κ2) is 7.52. The molecule has 1 amide bonds. The number of hydrogen-bond acceptors (Lipinski definition) is 3. The van der Waals surface area contributed by atoms with Gasteiger partial charge in [0.2, 0.25) is 5.91 Å². The molecule has 116 valence electrons. The monoisotopic (exact) mass is 293 g/mol. The topological polar surface area (TPSA) is 58.4 Å². The number of amides is 1. The van der Waals surface area contributed by atoms with E-state index < -0.39 is 5.91 Å². The van der Waals surface area contributed by atoms with Crippen LogP contribution < -0.4 is 11.1 Å². The van der Waals surface area contributed by atoms with E-state index in [1.165, 1.54) is 12.1 Å². The number of benzene rings is 1. The highest BCUT2D eigenvalue weighted by molar-refractivity contribution is 5.92. The summed E-state index contributed by atoms with van der Waals surface area (Å²) in [5, 5.41) is 3.39. The molecule has 0 radical (unpaired) electrons. The van der Waals surface area contributed by atoms with Crippen molar-refractivity contribution in [2.45, 2.75) is 38.8 Å². The normalized spacial score (nSPS) is 18.9. The van der Waals surface area contributed by atoms with Gasteiger partial charge in [-0.3, -0.25) is 9.69 Å². The standard InChI is InChI=1S/C16H24FN3O/c1-2-8-20(14-4-3-7-19-10-14)11-13-9-12(16(18)21)5-6-15(13)17/h5-6,9,14,19H,2-4,7-8,10-11H2,1H3,(H2,18,21). The van der Waals surface area contributed by atoms with Crippen LogP contribution in [0.5, 0.6) is 0 Å². The van der Waals surface area contributed by atoms with Gasteiger partial charge in [-0.2, -0.15) is 0 Å². The van der Waals surface area contributed by atoms with Crippen molar-refractivity contribution >= 4 is 5.91 Å². The smallest absolute Gasteiger partial charge is 0.248 e. The minimum Gasteiger partial charge on any atom is -0.366 e. The lowest BCUT2D eigenvalue weighted by molar-refractivity contribution is 0.1000. The van der Waals surface area contributed by atoms with Gasteiger partial charge in [-0.05, 0) is 50.6 Å². The molecular formula is C16H24FN3O. The third-order valence-corrected chi connectivity index (χ3v) is 4.00. The molecule has 5 heteroatoms. The molecule has 1 saturated heterocycles. The van der Waals surface area contributed by atoms with E-state index in [1.54, 1.807) is 6.07 Å². The van der Waals surface area contributed by atoms with Crippen LogP contribution >= 0.6 is 0 Å². The van der Waals surface area contributed by atoms with Crippen molar-refractivity contribution in [2.75, 3.05) is 19.6 Å². The van der Waals surface area contributed by atoms with Crippen molar-refractivity contribution in [3.8, 4) is 0 Å². The molecule has 1 aliphatic rings. The Labute approximate surface area is 125 Å². The molecule has 1 atom stereocenters. The summed E-state index contributed by atoms with van der Waals surface area (Å²) in [5.74, 6) is -0.789. The van der Waals surface area contributed by atoms with E-state index in [-0.39, 0.29) is 5.82 Å². The lowest BCUT2D eigenvalue weighted by atomic mass is 10.0. The van der Waals surface area contributed by atoms with Crippen LogP contribution in [0.15, 0.2) is 18.2 Å². The van der Waals surface area contributed by atoms with Gasteiger partial charge in [0.15, 0.2) is 0 Å². The van der Waals surface area contributed by atoms with Crippen molar-refractivity contribution in [1.82, 2.24) is 10.2 Å². The van der Waals surface area contributed by atoms with Crippen LogP contribution in [0.1, 0.15) is 42.1 Å². The summed E-state index contributed by atoms with van der Waals surface area (Å²) in [6.07, 6.45) is 3.30. The number of halogens is 1. The highest BCUT2D eigenvalue weighted by atomic mass is 19.1. The van der Waals surface area contributed by atoms with Crippen LogP contribution in [0, 0.1) is 5.82 Å². The molecular weight excluding hydrogens is 269 g/mol. The molecule has 1 fully saturated rings. The van der Waals surface area contributed by atoms with E-state index in [0.717, 1.165) is 38.9 Å². The summed E-state index contributed by atoms with van der Waals surface area (Å²) < 4.78 is 14.0. The number of nitrogens with two attached hydrogens (primary N) is 1. The summed E-state index contributed by atoms with van der Waals surface area (Å²) in [7, 11) is 0. The lowest BCUT2D eigenvalue weighted by Crippen LogP contribution is -2.46. The van der Waals surface area contributed by atoms with Gasteiger partial charge < -0.3 is 11.1 Å². The van der Waals surface area contributed by atoms with Gasteiger partial charge in [0.25, 0.3) is 0 Å². The van der Waals surface area contributed by atoms with Crippen LogP contribution in [-0.2, 0) is 6.54 Å². The van der Waals surface area contributed by atoms with Gasteiger partial charge in [-0.15, -0.1) is 0 Å². The average Bonchev–Trinajstić information content (AvgIpc) is 2.49. The summed E-state index contributed by atoms with van der Waals surface area (Å²) in [5.41, 5.74) is 6.19. The molecule has 0 aromatic heterocycles. The first-order chi connectivity index (χ1) is 10.1. The van der Waals surface area contributed by atoms with Crippen molar-refractivity contribution in [3.05, 3.63) is 35.1 Å². The van der Waals surface area contributed by atoms with E-state index in [4.69, 9.17) is 5.73 Å². The number of carbonyl (C=O) groups excluding carboxylic acids is 1. The Morgan fingerprint density at radius 1 is 1.52 bits per heavy atom. The van der Waals surface area contributed by atoms with E-state index in [1.807, 2.05) is 0 Å². The second-order valence-corrected chi connectivity index (χ2v) is 5.64.